The molecule has 4 N–H and O–H groups in total. The lowest BCUT2D eigenvalue weighted by Crippen LogP contribution is -2.18. The van der Waals surface area contributed by atoms with E-state index in [1.165, 1.54) is 36.4 Å². The fourth-order valence-corrected chi connectivity index (χ4v) is 6.11. The second-order valence-electron chi connectivity index (χ2n) is 13.4. The van der Waals surface area contributed by atoms with Crippen molar-refractivity contribution in [2.45, 2.75) is 25.9 Å². The van der Waals surface area contributed by atoms with Crippen molar-refractivity contribution < 1.29 is 48.8 Å². The first-order valence-corrected chi connectivity index (χ1v) is 17.7. The Kier molecular flexibility index (Phi) is 11.9. The van der Waals surface area contributed by atoms with E-state index in [1.807, 2.05) is 48.5 Å². The van der Waals surface area contributed by atoms with Crippen LogP contribution in [0.3, 0.4) is 0 Å². The van der Waals surface area contributed by atoms with Gasteiger partial charge in [0.05, 0.1) is 32.2 Å². The van der Waals surface area contributed by atoms with E-state index in [4.69, 9.17) is 14.3 Å². The van der Waals surface area contributed by atoms with E-state index in [1.54, 1.807) is 36.4 Å². The summed E-state index contributed by atoms with van der Waals surface area (Å²) in [5.74, 6) is -1.56. The van der Waals surface area contributed by atoms with E-state index in [0.29, 0.717) is 28.7 Å². The summed E-state index contributed by atoms with van der Waals surface area (Å²) in [6.45, 7) is 3.81. The molecule has 298 valence electrons. The second kappa shape index (κ2) is 17.4. The number of aromatic carboxylic acids is 2. The molecule has 0 spiro atoms. The lowest BCUT2D eigenvalue weighted by molar-refractivity contribution is -0.386. The number of carbonyl (C=O) groups excluding carboxylic acids is 1. The van der Waals surface area contributed by atoms with Gasteiger partial charge >= 0.3 is 11.9 Å². The van der Waals surface area contributed by atoms with E-state index in [2.05, 4.69) is 24.6 Å². The molecule has 0 fully saturated rings. The van der Waals surface area contributed by atoms with Gasteiger partial charge in [0.1, 0.15) is 35.2 Å². The molecule has 0 aromatic heterocycles. The number of hydrogen-bond donors (Lipinski definition) is 4. The normalized spacial score (nSPS) is 10.9. The molecule has 6 rings (SSSR count). The van der Waals surface area contributed by atoms with Gasteiger partial charge in [-0.3, -0.25) is 35.3 Å². The Balaban J connectivity index is 1.02. The van der Waals surface area contributed by atoms with Crippen molar-refractivity contribution in [3.8, 4) is 23.0 Å². The Labute approximate surface area is 335 Å². The molecule has 0 radical (unpaired) electrons. The number of carbonyl (C=O) groups is 3. The molecule has 1 amide bonds. The van der Waals surface area contributed by atoms with Crippen LogP contribution in [0, 0.1) is 20.2 Å². The molecule has 6 aromatic rings. The number of rotatable bonds is 16. The smallest absolute Gasteiger partial charge is 0.336 e. The number of nitro groups is 2. The molecule has 6 aromatic carbocycles. The second-order valence-corrected chi connectivity index (χ2v) is 13.4. The first kappa shape index (κ1) is 40.6. The van der Waals surface area contributed by atoms with Crippen molar-refractivity contribution >= 4 is 40.6 Å². The highest BCUT2D eigenvalue weighted by atomic mass is 16.6. The maximum absolute atomic E-state index is 12.9. The molecule has 0 unspecified atom stereocenters. The van der Waals surface area contributed by atoms with Crippen LogP contribution in [-0.2, 0) is 16.9 Å². The Hall–Kier alpha value is -8.11. The number of ether oxygens (including phenoxy) is 2. The van der Waals surface area contributed by atoms with Gasteiger partial charge in [0, 0.05) is 23.2 Å². The van der Waals surface area contributed by atoms with Gasteiger partial charge in [0.15, 0.2) is 0 Å². The summed E-state index contributed by atoms with van der Waals surface area (Å²) in [5, 5.41) is 44.3. The summed E-state index contributed by atoms with van der Waals surface area (Å²) in [6, 6.07) is 35.4. The van der Waals surface area contributed by atoms with Crippen LogP contribution in [0.4, 0.5) is 22.7 Å². The number of nitrogens with zero attached hydrogens (tertiary/aromatic N) is 2. The molecule has 0 aliphatic carbocycles. The van der Waals surface area contributed by atoms with E-state index in [-0.39, 0.29) is 29.1 Å². The van der Waals surface area contributed by atoms with Crippen LogP contribution in [0.5, 0.6) is 23.0 Å². The fourth-order valence-electron chi connectivity index (χ4n) is 6.11. The van der Waals surface area contributed by atoms with E-state index in [9.17, 15) is 44.8 Å². The minimum atomic E-state index is -1.47. The first-order valence-electron chi connectivity index (χ1n) is 17.7. The Bertz CT molecular complexity index is 2480. The van der Waals surface area contributed by atoms with Crippen LogP contribution in [0.2, 0.25) is 0 Å². The van der Waals surface area contributed by atoms with Gasteiger partial charge in [-0.15, -0.1) is 0 Å². The number of carboxylic acid groups (broad SMARTS) is 2. The highest BCUT2D eigenvalue weighted by Crippen LogP contribution is 2.35. The maximum Gasteiger partial charge on any atom is 0.336 e. The molecule has 0 heterocycles. The van der Waals surface area contributed by atoms with Crippen molar-refractivity contribution in [3.05, 3.63) is 187 Å². The standard InChI is InChI=1S/C43H34N4O12/c1-43(2,26-9-17-30(18-10-26)58-32-21-13-28(14-22-32)44-40(48)39-35(42(51)52)6-4-8-38(39)47(55)56)27-11-19-31(20-12-27)59-33-23-15-29(16-24-33)45-57-25-36-34(41(49)50)5-3-7-37(36)46(53)54/h3-24,45H,25H2,1-2H3,(H,44,48)(H,49,50)(H,51,52). The largest absolute Gasteiger partial charge is 0.478 e. The summed E-state index contributed by atoms with van der Waals surface area (Å²) in [7, 11) is 0. The van der Waals surface area contributed by atoms with Gasteiger partial charge in [-0.25, -0.2) is 9.59 Å². The lowest BCUT2D eigenvalue weighted by Gasteiger charge is -2.26. The number of nitro benzene ring substituents is 2. The maximum atomic E-state index is 12.9. The van der Waals surface area contributed by atoms with Gasteiger partial charge in [-0.05, 0) is 96.1 Å². The SMILES string of the molecule is CC(C)(c1ccc(Oc2ccc(NOCc3c(C(=O)O)cccc3[N+](=O)[O-])cc2)cc1)c1ccc(Oc2ccc(NC(=O)c3c(C(=O)O)cccc3[N+](=O)[O-])cc2)cc1. The molecule has 0 aliphatic heterocycles. The van der Waals surface area contributed by atoms with Crippen molar-refractivity contribution in [3.63, 3.8) is 0 Å². The van der Waals surface area contributed by atoms with Crippen molar-refractivity contribution in [1.82, 2.24) is 0 Å². The average molecular weight is 799 g/mol. The van der Waals surface area contributed by atoms with Gasteiger partial charge in [0.2, 0.25) is 0 Å². The molecule has 0 saturated heterocycles. The molecule has 0 atom stereocenters. The molecule has 0 aliphatic rings. The number of benzene rings is 6. The third kappa shape index (κ3) is 9.48. The van der Waals surface area contributed by atoms with Crippen LogP contribution >= 0.6 is 0 Å². The third-order valence-corrected chi connectivity index (χ3v) is 9.27. The highest BCUT2D eigenvalue weighted by molar-refractivity contribution is 6.13. The minimum absolute atomic E-state index is 0.0640. The van der Waals surface area contributed by atoms with Gasteiger partial charge in [-0.2, -0.15) is 0 Å². The van der Waals surface area contributed by atoms with Crippen LogP contribution in [0.25, 0.3) is 0 Å². The summed E-state index contributed by atoms with van der Waals surface area (Å²) in [6.07, 6.45) is 0. The lowest BCUT2D eigenvalue weighted by atomic mass is 9.78. The number of anilines is 2. The predicted molar refractivity (Wildman–Crippen MR) is 215 cm³/mol. The van der Waals surface area contributed by atoms with Crippen molar-refractivity contribution in [1.29, 1.82) is 0 Å². The zero-order valence-electron chi connectivity index (χ0n) is 31.3. The number of hydrogen-bond acceptors (Lipinski definition) is 11. The molecule has 0 bridgehead atoms. The molecule has 16 nitrogen and oxygen atoms in total. The molecule has 0 saturated carbocycles. The van der Waals surface area contributed by atoms with Crippen molar-refractivity contribution in [2.75, 3.05) is 10.8 Å². The summed E-state index contributed by atoms with van der Waals surface area (Å²) >= 11 is 0. The number of carboxylic acids is 2. The van der Waals surface area contributed by atoms with Gasteiger partial charge < -0.3 is 25.0 Å². The summed E-state index contributed by atoms with van der Waals surface area (Å²) in [4.78, 5) is 62.9. The zero-order chi connectivity index (χ0) is 42.3. The molecule has 16 heteroatoms. The topological polar surface area (TPSA) is 230 Å². The summed E-state index contributed by atoms with van der Waals surface area (Å²) in [5.41, 5.74) is 2.79. The molecular formula is C43H34N4O12. The van der Waals surface area contributed by atoms with Crippen LogP contribution in [-0.4, -0.2) is 37.9 Å². The Morgan fingerprint density at radius 1 is 0.593 bits per heavy atom. The highest BCUT2D eigenvalue weighted by Gasteiger charge is 2.28. The van der Waals surface area contributed by atoms with Gasteiger partial charge in [0.25, 0.3) is 17.3 Å². The van der Waals surface area contributed by atoms with Crippen LogP contribution < -0.4 is 20.3 Å². The van der Waals surface area contributed by atoms with E-state index in [0.717, 1.165) is 23.3 Å². The zero-order valence-corrected chi connectivity index (χ0v) is 31.3. The Morgan fingerprint density at radius 3 is 1.47 bits per heavy atom. The fraction of sp³-hybridized carbons (Fsp3) is 0.0930. The van der Waals surface area contributed by atoms with Crippen LogP contribution in [0.1, 0.15) is 61.6 Å². The number of amides is 1. The quantitative estimate of drug-likeness (QED) is 0.0528. The minimum Gasteiger partial charge on any atom is -0.478 e. The Morgan fingerprint density at radius 2 is 1.02 bits per heavy atom. The predicted octanol–water partition coefficient (Wildman–Crippen LogP) is 9.61. The third-order valence-electron chi connectivity index (χ3n) is 9.27. The number of nitrogens with one attached hydrogen (secondary N) is 2. The van der Waals surface area contributed by atoms with Gasteiger partial charge in [-0.1, -0.05) is 50.2 Å². The van der Waals surface area contributed by atoms with Crippen LogP contribution in [0.15, 0.2) is 133 Å². The summed E-state index contributed by atoms with van der Waals surface area (Å²) < 4.78 is 12.0. The molecular weight excluding hydrogens is 764 g/mol. The van der Waals surface area contributed by atoms with E-state index >= 15 is 0 Å². The molecule has 59 heavy (non-hydrogen) atoms. The first-order chi connectivity index (χ1) is 28.2. The monoisotopic (exact) mass is 798 g/mol. The van der Waals surface area contributed by atoms with Crippen molar-refractivity contribution in [2.24, 2.45) is 0 Å². The average Bonchev–Trinajstić information content (AvgIpc) is 3.22. The van der Waals surface area contributed by atoms with E-state index < -0.39 is 49.9 Å².